The first kappa shape index (κ1) is 21.8. The molecule has 0 unspecified atom stereocenters. The number of rotatable bonds is 6. The molecule has 1 amide bonds. The van der Waals surface area contributed by atoms with E-state index in [0.717, 1.165) is 24.3 Å². The van der Waals surface area contributed by atoms with Crippen LogP contribution in [0.3, 0.4) is 0 Å². The number of phenolic OH excluding ortho intramolecular Hbond substituents is 1. The fourth-order valence-electron chi connectivity index (χ4n) is 3.68. The Morgan fingerprint density at radius 2 is 1.62 bits per heavy atom. The Kier molecular flexibility index (Phi) is 6.71. The Hall–Kier alpha value is -3.38. The second-order valence-corrected chi connectivity index (χ2v) is 8.01. The van der Waals surface area contributed by atoms with E-state index in [0.29, 0.717) is 41.8 Å². The number of carbonyl (C=O) groups is 1. The number of hydrogen-bond donors (Lipinski definition) is 1. The molecular weight excluding hydrogens is 428 g/mol. The standard InChI is InChI=1S/C25H25ClN2O4/c1-31-24-16-19(4-11-23(24)32-17-18-2-5-20(26)6-3-18)25(30)28-14-12-27(13-15-28)21-7-9-22(29)10-8-21/h2-11,16,29H,12-15,17H2,1H3. The van der Waals surface area contributed by atoms with Crippen molar-refractivity contribution in [3.05, 3.63) is 82.9 Å². The van der Waals surface area contributed by atoms with Gasteiger partial charge in [0.05, 0.1) is 7.11 Å². The van der Waals surface area contributed by atoms with Crippen LogP contribution in [-0.4, -0.2) is 49.2 Å². The highest BCUT2D eigenvalue weighted by molar-refractivity contribution is 6.30. The molecule has 1 aliphatic rings. The number of benzene rings is 3. The second-order valence-electron chi connectivity index (χ2n) is 7.58. The zero-order valence-electron chi connectivity index (χ0n) is 17.8. The molecule has 1 N–H and O–H groups in total. The van der Waals surface area contributed by atoms with Crippen molar-refractivity contribution in [2.24, 2.45) is 0 Å². The van der Waals surface area contributed by atoms with Crippen LogP contribution in [0.1, 0.15) is 15.9 Å². The Morgan fingerprint density at radius 1 is 0.938 bits per heavy atom. The molecule has 0 aromatic heterocycles. The highest BCUT2D eigenvalue weighted by atomic mass is 35.5. The van der Waals surface area contributed by atoms with Crippen LogP contribution in [0.15, 0.2) is 66.7 Å². The normalized spacial score (nSPS) is 13.7. The van der Waals surface area contributed by atoms with Crippen LogP contribution in [0.4, 0.5) is 5.69 Å². The van der Waals surface area contributed by atoms with Gasteiger partial charge in [-0.2, -0.15) is 0 Å². The van der Waals surface area contributed by atoms with Crippen molar-refractivity contribution in [1.82, 2.24) is 4.90 Å². The lowest BCUT2D eigenvalue weighted by molar-refractivity contribution is 0.0746. The second kappa shape index (κ2) is 9.83. The van der Waals surface area contributed by atoms with E-state index in [1.165, 1.54) is 0 Å². The fraction of sp³-hybridized carbons (Fsp3) is 0.240. The molecule has 3 aromatic rings. The van der Waals surface area contributed by atoms with Crippen LogP contribution in [0.25, 0.3) is 0 Å². The Balaban J connectivity index is 1.38. The SMILES string of the molecule is COc1cc(C(=O)N2CCN(c3ccc(O)cc3)CC2)ccc1OCc1ccc(Cl)cc1. The summed E-state index contributed by atoms with van der Waals surface area (Å²) in [6.07, 6.45) is 0. The van der Waals surface area contributed by atoms with Crippen LogP contribution in [0.5, 0.6) is 17.2 Å². The van der Waals surface area contributed by atoms with E-state index >= 15 is 0 Å². The molecule has 6 nitrogen and oxygen atoms in total. The summed E-state index contributed by atoms with van der Waals surface area (Å²) in [7, 11) is 1.56. The summed E-state index contributed by atoms with van der Waals surface area (Å²) in [6, 6.07) is 19.9. The highest BCUT2D eigenvalue weighted by Gasteiger charge is 2.23. The number of methoxy groups -OCH3 is 1. The van der Waals surface area contributed by atoms with Crippen molar-refractivity contribution in [1.29, 1.82) is 0 Å². The van der Waals surface area contributed by atoms with E-state index < -0.39 is 0 Å². The van der Waals surface area contributed by atoms with Crippen molar-refractivity contribution >= 4 is 23.2 Å². The monoisotopic (exact) mass is 452 g/mol. The molecule has 0 saturated carbocycles. The molecule has 32 heavy (non-hydrogen) atoms. The molecule has 1 aliphatic heterocycles. The van der Waals surface area contributed by atoms with Crippen molar-refractivity contribution in [3.63, 3.8) is 0 Å². The van der Waals surface area contributed by atoms with E-state index in [4.69, 9.17) is 21.1 Å². The summed E-state index contributed by atoms with van der Waals surface area (Å²) in [5.74, 6) is 1.32. The third-order valence-corrected chi connectivity index (χ3v) is 5.75. The molecule has 1 fully saturated rings. The van der Waals surface area contributed by atoms with Gasteiger partial charge in [0.25, 0.3) is 5.91 Å². The van der Waals surface area contributed by atoms with Gasteiger partial charge in [-0.1, -0.05) is 23.7 Å². The van der Waals surface area contributed by atoms with Crippen LogP contribution in [0, 0.1) is 0 Å². The molecule has 0 aliphatic carbocycles. The summed E-state index contributed by atoms with van der Waals surface area (Å²) in [4.78, 5) is 17.1. The van der Waals surface area contributed by atoms with Crippen LogP contribution in [-0.2, 0) is 6.61 Å². The van der Waals surface area contributed by atoms with E-state index in [2.05, 4.69) is 4.90 Å². The molecular formula is C25H25ClN2O4. The quantitative estimate of drug-likeness (QED) is 0.592. The first-order chi connectivity index (χ1) is 15.5. The van der Waals surface area contributed by atoms with E-state index in [1.54, 1.807) is 37.4 Å². The van der Waals surface area contributed by atoms with Crippen LogP contribution >= 0.6 is 11.6 Å². The number of ether oxygens (including phenoxy) is 2. The van der Waals surface area contributed by atoms with Gasteiger partial charge in [0, 0.05) is 42.5 Å². The van der Waals surface area contributed by atoms with Crippen molar-refractivity contribution in [2.75, 3.05) is 38.2 Å². The van der Waals surface area contributed by atoms with Gasteiger partial charge in [-0.3, -0.25) is 4.79 Å². The maximum absolute atomic E-state index is 13.0. The molecule has 0 bridgehead atoms. The number of phenols is 1. The van der Waals surface area contributed by atoms with Gasteiger partial charge in [0.1, 0.15) is 12.4 Å². The first-order valence-corrected chi connectivity index (χ1v) is 10.8. The first-order valence-electron chi connectivity index (χ1n) is 10.4. The molecule has 0 radical (unpaired) electrons. The lowest BCUT2D eigenvalue weighted by atomic mass is 10.1. The lowest BCUT2D eigenvalue weighted by Gasteiger charge is -2.36. The summed E-state index contributed by atoms with van der Waals surface area (Å²) < 4.78 is 11.4. The Bertz CT molecular complexity index is 1060. The zero-order chi connectivity index (χ0) is 22.5. The Morgan fingerprint density at radius 3 is 2.28 bits per heavy atom. The van der Waals surface area contributed by atoms with Gasteiger partial charge in [0.15, 0.2) is 11.5 Å². The van der Waals surface area contributed by atoms with E-state index in [-0.39, 0.29) is 11.7 Å². The number of carbonyl (C=O) groups excluding carboxylic acids is 1. The van der Waals surface area contributed by atoms with Crippen molar-refractivity contribution in [3.8, 4) is 17.2 Å². The van der Waals surface area contributed by atoms with E-state index in [9.17, 15) is 9.90 Å². The predicted molar refractivity (Wildman–Crippen MR) is 125 cm³/mol. The van der Waals surface area contributed by atoms with Gasteiger partial charge >= 0.3 is 0 Å². The average molecular weight is 453 g/mol. The number of amides is 1. The van der Waals surface area contributed by atoms with Crippen molar-refractivity contribution < 1.29 is 19.4 Å². The van der Waals surface area contributed by atoms with Gasteiger partial charge < -0.3 is 24.4 Å². The summed E-state index contributed by atoms with van der Waals surface area (Å²) in [5.41, 5.74) is 2.60. The maximum atomic E-state index is 13.0. The van der Waals surface area contributed by atoms with Crippen LogP contribution in [0.2, 0.25) is 5.02 Å². The molecule has 0 atom stereocenters. The number of hydrogen-bond acceptors (Lipinski definition) is 5. The predicted octanol–water partition coefficient (Wildman–Crippen LogP) is 4.60. The van der Waals surface area contributed by atoms with Gasteiger partial charge in [-0.25, -0.2) is 0 Å². The minimum atomic E-state index is -0.0297. The summed E-state index contributed by atoms with van der Waals surface area (Å²) >= 11 is 5.92. The largest absolute Gasteiger partial charge is 0.508 e. The van der Waals surface area contributed by atoms with Gasteiger partial charge in [-0.05, 0) is 60.2 Å². The highest BCUT2D eigenvalue weighted by Crippen LogP contribution is 2.30. The average Bonchev–Trinajstić information content (AvgIpc) is 2.84. The number of anilines is 1. The third-order valence-electron chi connectivity index (χ3n) is 5.50. The molecule has 1 saturated heterocycles. The summed E-state index contributed by atoms with van der Waals surface area (Å²) in [5, 5.41) is 10.1. The molecule has 7 heteroatoms. The molecule has 1 heterocycles. The van der Waals surface area contributed by atoms with Crippen molar-refractivity contribution in [2.45, 2.75) is 6.61 Å². The van der Waals surface area contributed by atoms with E-state index in [1.807, 2.05) is 41.3 Å². The lowest BCUT2D eigenvalue weighted by Crippen LogP contribution is -2.48. The molecule has 4 rings (SSSR count). The smallest absolute Gasteiger partial charge is 0.254 e. The number of piperazine rings is 1. The maximum Gasteiger partial charge on any atom is 0.254 e. The molecule has 0 spiro atoms. The van der Waals surface area contributed by atoms with Gasteiger partial charge in [-0.15, -0.1) is 0 Å². The number of halogens is 1. The topological polar surface area (TPSA) is 62.2 Å². The van der Waals surface area contributed by atoms with Crippen LogP contribution < -0.4 is 14.4 Å². The van der Waals surface area contributed by atoms with Gasteiger partial charge in [0.2, 0.25) is 0 Å². The minimum Gasteiger partial charge on any atom is -0.508 e. The molecule has 166 valence electrons. The summed E-state index contributed by atoms with van der Waals surface area (Å²) in [6.45, 7) is 3.08. The number of aromatic hydroxyl groups is 1. The fourth-order valence-corrected chi connectivity index (χ4v) is 3.80. The zero-order valence-corrected chi connectivity index (χ0v) is 18.6. The molecule has 3 aromatic carbocycles. The Labute approximate surface area is 192 Å². The third kappa shape index (κ3) is 5.08. The number of nitrogens with zero attached hydrogens (tertiary/aromatic N) is 2. The minimum absolute atomic E-state index is 0.0297.